The lowest BCUT2D eigenvalue weighted by atomic mass is 10.1. The summed E-state index contributed by atoms with van der Waals surface area (Å²) < 4.78 is 0. The number of carboxylic acid groups (broad SMARTS) is 1. The van der Waals surface area contributed by atoms with Gasteiger partial charge in [-0.3, -0.25) is 4.79 Å². The van der Waals surface area contributed by atoms with Gasteiger partial charge in [0.1, 0.15) is 0 Å². The van der Waals surface area contributed by atoms with E-state index in [2.05, 4.69) is 5.32 Å². The molecule has 108 valence electrons. The van der Waals surface area contributed by atoms with Gasteiger partial charge in [0.05, 0.1) is 0 Å². The predicted molar refractivity (Wildman–Crippen MR) is 78.2 cm³/mol. The van der Waals surface area contributed by atoms with Gasteiger partial charge in [-0.2, -0.15) is 0 Å². The summed E-state index contributed by atoms with van der Waals surface area (Å²) >= 11 is 0. The van der Waals surface area contributed by atoms with E-state index in [0.29, 0.717) is 16.8 Å². The molecule has 0 saturated heterocycles. The molecule has 0 bridgehead atoms. The zero-order chi connectivity index (χ0) is 15.2. The van der Waals surface area contributed by atoms with Crippen molar-refractivity contribution in [3.63, 3.8) is 0 Å². The third-order valence-electron chi connectivity index (χ3n) is 2.93. The van der Waals surface area contributed by atoms with Crippen LogP contribution in [0.15, 0.2) is 54.6 Å². The van der Waals surface area contributed by atoms with E-state index in [4.69, 9.17) is 5.11 Å². The number of rotatable bonds is 5. The fraction of sp³-hybridized carbons (Fsp3) is 0.125. The second-order valence-electron chi connectivity index (χ2n) is 4.58. The van der Waals surface area contributed by atoms with Gasteiger partial charge < -0.3 is 15.5 Å². The number of hydrogen-bond acceptors (Lipinski definition) is 3. The quantitative estimate of drug-likeness (QED) is 0.783. The Kier molecular flexibility index (Phi) is 4.68. The van der Waals surface area contributed by atoms with Crippen LogP contribution < -0.4 is 5.32 Å². The normalized spacial score (nSPS) is 11.7. The third kappa shape index (κ3) is 4.15. The van der Waals surface area contributed by atoms with Crippen LogP contribution in [-0.2, 0) is 11.2 Å². The van der Waals surface area contributed by atoms with Crippen molar-refractivity contribution in [2.45, 2.75) is 12.5 Å². The lowest BCUT2D eigenvalue weighted by molar-refractivity contribution is -0.146. The fourth-order valence-electron chi connectivity index (χ4n) is 1.88. The number of anilines is 1. The van der Waals surface area contributed by atoms with E-state index in [1.54, 1.807) is 48.5 Å². The summed E-state index contributed by atoms with van der Waals surface area (Å²) in [5, 5.41) is 20.8. The second-order valence-corrected chi connectivity index (χ2v) is 4.58. The molecule has 5 heteroatoms. The maximum absolute atomic E-state index is 12.0. The lowest BCUT2D eigenvalue weighted by Gasteiger charge is -2.09. The van der Waals surface area contributed by atoms with Gasteiger partial charge in [0.2, 0.25) is 0 Å². The Balaban J connectivity index is 2.08. The highest BCUT2D eigenvalue weighted by Crippen LogP contribution is 2.14. The van der Waals surface area contributed by atoms with Crippen LogP contribution >= 0.6 is 0 Å². The summed E-state index contributed by atoms with van der Waals surface area (Å²) in [5.74, 6) is -1.51. The summed E-state index contributed by atoms with van der Waals surface area (Å²) in [4.78, 5) is 22.6. The number of amides is 1. The van der Waals surface area contributed by atoms with E-state index >= 15 is 0 Å². The van der Waals surface area contributed by atoms with Crippen LogP contribution in [0.2, 0.25) is 0 Å². The molecule has 0 aliphatic rings. The van der Waals surface area contributed by atoms with Gasteiger partial charge in [-0.25, -0.2) is 4.79 Å². The molecule has 2 aromatic carbocycles. The molecule has 1 amide bonds. The van der Waals surface area contributed by atoms with E-state index in [-0.39, 0.29) is 12.3 Å². The number of carboxylic acids is 1. The molecule has 2 aromatic rings. The number of carbonyl (C=O) groups is 2. The molecule has 0 fully saturated rings. The van der Waals surface area contributed by atoms with Crippen LogP contribution in [0.5, 0.6) is 0 Å². The Morgan fingerprint density at radius 3 is 2.43 bits per heavy atom. The topological polar surface area (TPSA) is 86.6 Å². The van der Waals surface area contributed by atoms with Crippen molar-refractivity contribution in [2.75, 3.05) is 5.32 Å². The van der Waals surface area contributed by atoms with Crippen LogP contribution in [0.3, 0.4) is 0 Å². The van der Waals surface area contributed by atoms with Crippen molar-refractivity contribution in [2.24, 2.45) is 0 Å². The third-order valence-corrected chi connectivity index (χ3v) is 2.93. The highest BCUT2D eigenvalue weighted by Gasteiger charge is 2.14. The Morgan fingerprint density at radius 1 is 1.05 bits per heavy atom. The minimum atomic E-state index is -1.45. The maximum Gasteiger partial charge on any atom is 0.332 e. The van der Waals surface area contributed by atoms with E-state index < -0.39 is 12.1 Å². The summed E-state index contributed by atoms with van der Waals surface area (Å²) in [6, 6.07) is 15.5. The number of aliphatic hydroxyl groups is 1. The molecule has 5 nitrogen and oxygen atoms in total. The van der Waals surface area contributed by atoms with Gasteiger partial charge in [0, 0.05) is 17.7 Å². The molecule has 0 aliphatic heterocycles. The van der Waals surface area contributed by atoms with Gasteiger partial charge in [0.25, 0.3) is 5.91 Å². The number of carbonyl (C=O) groups excluding carboxylic acids is 1. The fourth-order valence-corrected chi connectivity index (χ4v) is 1.88. The number of aliphatic carboxylic acids is 1. The summed E-state index contributed by atoms with van der Waals surface area (Å²) in [5.41, 5.74) is 1.73. The van der Waals surface area contributed by atoms with Crippen LogP contribution in [0.4, 0.5) is 5.69 Å². The van der Waals surface area contributed by atoms with E-state index in [1.165, 1.54) is 0 Å². The number of hydrogen-bond donors (Lipinski definition) is 3. The summed E-state index contributed by atoms with van der Waals surface area (Å²) in [7, 11) is 0. The molecule has 0 saturated carbocycles. The molecule has 0 spiro atoms. The van der Waals surface area contributed by atoms with Gasteiger partial charge in [-0.05, 0) is 29.8 Å². The van der Waals surface area contributed by atoms with E-state index in [9.17, 15) is 14.7 Å². The largest absolute Gasteiger partial charge is 0.479 e. The molecule has 1 atom stereocenters. The first-order valence-electron chi connectivity index (χ1n) is 6.42. The van der Waals surface area contributed by atoms with Gasteiger partial charge in [-0.1, -0.05) is 30.3 Å². The zero-order valence-electron chi connectivity index (χ0n) is 11.2. The lowest BCUT2D eigenvalue weighted by Crippen LogP contribution is -2.22. The molecule has 0 aliphatic carbocycles. The first-order valence-corrected chi connectivity index (χ1v) is 6.42. The highest BCUT2D eigenvalue weighted by molar-refractivity contribution is 6.04. The van der Waals surface area contributed by atoms with Crippen LogP contribution in [0, 0.1) is 0 Å². The second kappa shape index (κ2) is 6.67. The minimum absolute atomic E-state index is 0.00954. The molecular weight excluding hydrogens is 270 g/mol. The molecule has 21 heavy (non-hydrogen) atoms. The number of benzene rings is 2. The maximum atomic E-state index is 12.0. The average molecular weight is 285 g/mol. The van der Waals surface area contributed by atoms with Crippen molar-refractivity contribution in [3.8, 4) is 0 Å². The first-order chi connectivity index (χ1) is 10.1. The van der Waals surface area contributed by atoms with Crippen molar-refractivity contribution in [1.29, 1.82) is 0 Å². The Bertz CT molecular complexity index is 640. The summed E-state index contributed by atoms with van der Waals surface area (Å²) in [6.45, 7) is 0. The standard InChI is InChI=1S/C16H15NO4/c18-14(16(20)21)10-11-5-4-8-13(9-11)17-15(19)12-6-2-1-3-7-12/h1-9,14,18H,10H2,(H,17,19)(H,20,21). The number of nitrogens with one attached hydrogen (secondary N) is 1. The molecule has 0 radical (unpaired) electrons. The molecule has 1 unspecified atom stereocenters. The molecule has 2 rings (SSSR count). The van der Waals surface area contributed by atoms with Crippen molar-refractivity contribution in [1.82, 2.24) is 0 Å². The monoisotopic (exact) mass is 285 g/mol. The smallest absolute Gasteiger partial charge is 0.332 e. The van der Waals surface area contributed by atoms with E-state index in [1.807, 2.05) is 6.07 Å². The first kappa shape index (κ1) is 14.7. The highest BCUT2D eigenvalue weighted by atomic mass is 16.4. The predicted octanol–water partition coefficient (Wildman–Crippen LogP) is 1.93. The van der Waals surface area contributed by atoms with Crippen molar-refractivity contribution >= 4 is 17.6 Å². The Hall–Kier alpha value is -2.66. The van der Waals surface area contributed by atoms with Crippen molar-refractivity contribution in [3.05, 3.63) is 65.7 Å². The Labute approximate surface area is 121 Å². The zero-order valence-corrected chi connectivity index (χ0v) is 11.2. The molecular formula is C16H15NO4. The average Bonchev–Trinajstić information content (AvgIpc) is 2.48. The summed E-state index contributed by atoms with van der Waals surface area (Å²) in [6.07, 6.45) is -1.46. The molecule has 3 N–H and O–H groups in total. The van der Waals surface area contributed by atoms with Crippen LogP contribution in [-0.4, -0.2) is 28.2 Å². The van der Waals surface area contributed by atoms with Gasteiger partial charge in [-0.15, -0.1) is 0 Å². The Morgan fingerprint density at radius 2 is 1.76 bits per heavy atom. The van der Waals surface area contributed by atoms with E-state index in [0.717, 1.165) is 0 Å². The molecule has 0 heterocycles. The van der Waals surface area contributed by atoms with Crippen molar-refractivity contribution < 1.29 is 19.8 Å². The van der Waals surface area contributed by atoms with Gasteiger partial charge >= 0.3 is 5.97 Å². The van der Waals surface area contributed by atoms with Crippen LogP contribution in [0.1, 0.15) is 15.9 Å². The molecule has 0 aromatic heterocycles. The number of aliphatic hydroxyl groups excluding tert-OH is 1. The SMILES string of the molecule is O=C(Nc1cccc(CC(O)C(=O)O)c1)c1ccccc1. The van der Waals surface area contributed by atoms with Gasteiger partial charge in [0.15, 0.2) is 6.10 Å². The minimum Gasteiger partial charge on any atom is -0.479 e. The van der Waals surface area contributed by atoms with Crippen LogP contribution in [0.25, 0.3) is 0 Å².